The average Bonchev–Trinajstić information content (AvgIpc) is 3.23. The van der Waals surface area contributed by atoms with E-state index in [2.05, 4.69) is 33.0 Å². The number of hydrogen-bond donors (Lipinski definition) is 1. The molecule has 2 amide bonds. The van der Waals surface area contributed by atoms with Gasteiger partial charge in [-0.2, -0.15) is 0 Å². The number of amides is 2. The molecule has 24 heavy (non-hydrogen) atoms. The zero-order valence-corrected chi connectivity index (χ0v) is 15.2. The van der Waals surface area contributed by atoms with Crippen LogP contribution >= 0.6 is 11.3 Å². The summed E-state index contributed by atoms with van der Waals surface area (Å²) in [7, 11) is 1.83. The van der Waals surface area contributed by atoms with E-state index in [9.17, 15) is 4.79 Å². The summed E-state index contributed by atoms with van der Waals surface area (Å²) < 4.78 is 2.25. The lowest BCUT2D eigenvalue weighted by atomic mass is 10.2. The van der Waals surface area contributed by atoms with Gasteiger partial charge in [-0.3, -0.25) is 0 Å². The molecule has 3 heterocycles. The number of aryl methyl sites for hydroxylation is 2. The van der Waals surface area contributed by atoms with Crippen LogP contribution in [0.1, 0.15) is 42.2 Å². The Balaban J connectivity index is 1.42. The number of imidazole rings is 1. The van der Waals surface area contributed by atoms with Crippen molar-refractivity contribution in [2.45, 2.75) is 45.1 Å². The molecule has 1 atom stereocenters. The summed E-state index contributed by atoms with van der Waals surface area (Å²) in [6.45, 7) is 4.45. The Morgan fingerprint density at radius 1 is 1.50 bits per heavy atom. The number of carbonyl (C=O) groups is 1. The molecule has 0 fully saturated rings. The maximum Gasteiger partial charge on any atom is 0.317 e. The number of carbonyl (C=O) groups excluding carboxylic acids is 1. The number of hydrogen-bond acceptors (Lipinski definition) is 4. The first kappa shape index (κ1) is 17.0. The van der Waals surface area contributed by atoms with Crippen LogP contribution in [0.5, 0.6) is 0 Å². The minimum Gasteiger partial charge on any atom is -0.338 e. The number of aromatic nitrogens is 3. The lowest BCUT2D eigenvalue weighted by Crippen LogP contribution is -2.40. The Labute approximate surface area is 146 Å². The van der Waals surface area contributed by atoms with Gasteiger partial charge in [-0.15, -0.1) is 11.3 Å². The number of nitrogens with one attached hydrogen (secondary N) is 1. The van der Waals surface area contributed by atoms with Crippen LogP contribution in [0.25, 0.3) is 0 Å². The molecular weight excluding hydrogens is 322 g/mol. The molecule has 1 aliphatic rings. The standard InChI is InChI=1S/C17H25N5OS/c1-13(16-18-8-10-24-16)11-21(2)17(23)19-7-6-14-12-22-9-4-3-5-15(22)20-14/h8,10,12-13H,3-7,9,11H2,1-2H3,(H,19,23)/t13-/m1/s1. The van der Waals surface area contributed by atoms with Crippen molar-refractivity contribution in [1.29, 1.82) is 0 Å². The summed E-state index contributed by atoms with van der Waals surface area (Å²) in [6.07, 6.45) is 8.26. The van der Waals surface area contributed by atoms with Crippen molar-refractivity contribution in [2.24, 2.45) is 0 Å². The molecule has 3 rings (SSSR count). The molecule has 0 aromatic carbocycles. The van der Waals surface area contributed by atoms with Gasteiger partial charge < -0.3 is 14.8 Å². The van der Waals surface area contributed by atoms with Crippen molar-refractivity contribution in [2.75, 3.05) is 20.1 Å². The average molecular weight is 347 g/mol. The van der Waals surface area contributed by atoms with E-state index in [-0.39, 0.29) is 11.9 Å². The molecule has 0 saturated carbocycles. The molecule has 0 unspecified atom stereocenters. The van der Waals surface area contributed by atoms with E-state index in [1.54, 1.807) is 22.4 Å². The SMILES string of the molecule is C[C@H](CN(C)C(=O)NCCc1cn2c(n1)CCCC2)c1nccs1. The van der Waals surface area contributed by atoms with E-state index < -0.39 is 0 Å². The highest BCUT2D eigenvalue weighted by Gasteiger charge is 2.16. The third-order valence-electron chi connectivity index (χ3n) is 4.38. The van der Waals surface area contributed by atoms with Gasteiger partial charge in [-0.25, -0.2) is 14.8 Å². The van der Waals surface area contributed by atoms with E-state index in [0.717, 1.165) is 30.1 Å². The fraction of sp³-hybridized carbons (Fsp3) is 0.588. The highest BCUT2D eigenvalue weighted by Crippen LogP contribution is 2.18. The first-order chi connectivity index (χ1) is 11.6. The third-order valence-corrected chi connectivity index (χ3v) is 5.39. The van der Waals surface area contributed by atoms with Crippen molar-refractivity contribution in [1.82, 2.24) is 24.8 Å². The largest absolute Gasteiger partial charge is 0.338 e. The molecule has 0 bridgehead atoms. The molecule has 0 radical (unpaired) electrons. The van der Waals surface area contributed by atoms with Crippen LogP contribution in [-0.2, 0) is 19.4 Å². The summed E-state index contributed by atoms with van der Waals surface area (Å²) in [4.78, 5) is 22.9. The summed E-state index contributed by atoms with van der Waals surface area (Å²) in [5, 5.41) is 6.02. The van der Waals surface area contributed by atoms with E-state index in [1.807, 2.05) is 12.4 Å². The second-order valence-electron chi connectivity index (χ2n) is 6.43. The second-order valence-corrected chi connectivity index (χ2v) is 7.36. The molecular formula is C17H25N5OS. The predicted molar refractivity (Wildman–Crippen MR) is 95.4 cm³/mol. The van der Waals surface area contributed by atoms with Crippen molar-refractivity contribution < 1.29 is 4.79 Å². The molecule has 0 spiro atoms. The van der Waals surface area contributed by atoms with Crippen LogP contribution in [0.15, 0.2) is 17.8 Å². The monoisotopic (exact) mass is 347 g/mol. The normalized spacial score (nSPS) is 14.9. The van der Waals surface area contributed by atoms with Crippen molar-refractivity contribution in [3.05, 3.63) is 34.3 Å². The molecule has 6 nitrogen and oxygen atoms in total. The predicted octanol–water partition coefficient (Wildman–Crippen LogP) is 2.66. The van der Waals surface area contributed by atoms with E-state index in [0.29, 0.717) is 13.1 Å². The smallest absolute Gasteiger partial charge is 0.317 e. The van der Waals surface area contributed by atoms with Gasteiger partial charge in [-0.1, -0.05) is 6.92 Å². The number of rotatable bonds is 6. The molecule has 2 aromatic heterocycles. The Kier molecular flexibility index (Phi) is 5.50. The zero-order valence-electron chi connectivity index (χ0n) is 14.4. The maximum absolute atomic E-state index is 12.2. The first-order valence-electron chi connectivity index (χ1n) is 8.56. The number of nitrogens with zero attached hydrogens (tertiary/aromatic N) is 4. The summed E-state index contributed by atoms with van der Waals surface area (Å²) >= 11 is 1.63. The van der Waals surface area contributed by atoms with Gasteiger partial charge in [0.05, 0.1) is 10.7 Å². The lowest BCUT2D eigenvalue weighted by Gasteiger charge is -2.20. The van der Waals surface area contributed by atoms with Crippen LogP contribution in [0.2, 0.25) is 0 Å². The van der Waals surface area contributed by atoms with Crippen LogP contribution in [-0.4, -0.2) is 45.6 Å². The zero-order chi connectivity index (χ0) is 16.9. The molecule has 0 saturated heterocycles. The number of thiazole rings is 1. The Bertz CT molecular complexity index is 643. The molecule has 1 N–H and O–H groups in total. The minimum atomic E-state index is -0.0395. The topological polar surface area (TPSA) is 63.1 Å². The fourth-order valence-electron chi connectivity index (χ4n) is 3.07. The van der Waals surface area contributed by atoms with Gasteiger partial charge in [0.1, 0.15) is 5.82 Å². The Hall–Kier alpha value is -1.89. The highest BCUT2D eigenvalue weighted by molar-refractivity contribution is 7.09. The van der Waals surface area contributed by atoms with Gasteiger partial charge in [0.15, 0.2) is 0 Å². The van der Waals surface area contributed by atoms with Crippen molar-refractivity contribution in [3.63, 3.8) is 0 Å². The van der Waals surface area contributed by atoms with Crippen LogP contribution in [0.3, 0.4) is 0 Å². The molecule has 0 aliphatic carbocycles. The third kappa shape index (κ3) is 4.14. The number of fused-ring (bicyclic) bond motifs is 1. The number of likely N-dealkylation sites (N-methyl/N-ethyl adjacent to an activating group) is 1. The maximum atomic E-state index is 12.2. The van der Waals surface area contributed by atoms with Gasteiger partial charge >= 0.3 is 6.03 Å². The van der Waals surface area contributed by atoms with Crippen molar-refractivity contribution >= 4 is 17.4 Å². The van der Waals surface area contributed by atoms with Gasteiger partial charge in [0.2, 0.25) is 0 Å². The Morgan fingerprint density at radius 2 is 2.38 bits per heavy atom. The molecule has 1 aliphatic heterocycles. The van der Waals surface area contributed by atoms with Gasteiger partial charge in [0.25, 0.3) is 0 Å². The summed E-state index contributed by atoms with van der Waals surface area (Å²) in [5.74, 6) is 1.44. The van der Waals surface area contributed by atoms with E-state index in [1.165, 1.54) is 18.7 Å². The van der Waals surface area contributed by atoms with Crippen LogP contribution in [0, 0.1) is 0 Å². The van der Waals surface area contributed by atoms with Crippen molar-refractivity contribution in [3.8, 4) is 0 Å². The van der Waals surface area contributed by atoms with E-state index in [4.69, 9.17) is 0 Å². The minimum absolute atomic E-state index is 0.0395. The van der Waals surface area contributed by atoms with Crippen LogP contribution < -0.4 is 5.32 Å². The second kappa shape index (κ2) is 7.79. The molecule has 2 aromatic rings. The number of urea groups is 1. The lowest BCUT2D eigenvalue weighted by molar-refractivity contribution is 0.206. The molecule has 7 heteroatoms. The summed E-state index contributed by atoms with van der Waals surface area (Å²) in [6, 6.07) is -0.0395. The highest BCUT2D eigenvalue weighted by atomic mass is 32.1. The van der Waals surface area contributed by atoms with E-state index >= 15 is 0 Å². The van der Waals surface area contributed by atoms with Gasteiger partial charge in [-0.05, 0) is 12.8 Å². The Morgan fingerprint density at radius 3 is 3.12 bits per heavy atom. The summed E-state index contributed by atoms with van der Waals surface area (Å²) in [5.41, 5.74) is 1.08. The molecule has 130 valence electrons. The van der Waals surface area contributed by atoms with Gasteiger partial charge in [0, 0.05) is 63.2 Å². The first-order valence-corrected chi connectivity index (χ1v) is 9.44. The van der Waals surface area contributed by atoms with Crippen LogP contribution in [0.4, 0.5) is 4.79 Å². The quantitative estimate of drug-likeness (QED) is 0.874. The fourth-order valence-corrected chi connectivity index (χ4v) is 3.76.